The van der Waals surface area contributed by atoms with Gasteiger partial charge < -0.3 is 19.0 Å². The molecule has 1 heterocycles. The van der Waals surface area contributed by atoms with Gasteiger partial charge in [-0.1, -0.05) is 35.4 Å². The molecule has 3 aromatic rings. The van der Waals surface area contributed by atoms with Crippen LogP contribution in [0.4, 0.5) is 0 Å². The van der Waals surface area contributed by atoms with Gasteiger partial charge in [0.1, 0.15) is 17.9 Å². The van der Waals surface area contributed by atoms with E-state index in [0.29, 0.717) is 10.9 Å². The molecular formula is C26H26O6. The molecule has 0 atom stereocenters. The number of esters is 1. The second-order valence-corrected chi connectivity index (χ2v) is 7.67. The van der Waals surface area contributed by atoms with E-state index in [1.165, 1.54) is 17.7 Å². The Kier molecular flexibility index (Phi) is 7.49. The van der Waals surface area contributed by atoms with E-state index in [0.717, 1.165) is 18.4 Å². The summed E-state index contributed by atoms with van der Waals surface area (Å²) in [5, 5.41) is 10.2. The normalized spacial score (nSPS) is 11.3. The number of ether oxygens (including phenoxy) is 2. The summed E-state index contributed by atoms with van der Waals surface area (Å²) in [6.45, 7) is 6.30. The van der Waals surface area contributed by atoms with E-state index in [-0.39, 0.29) is 29.4 Å². The Morgan fingerprint density at radius 1 is 1.03 bits per heavy atom. The van der Waals surface area contributed by atoms with Gasteiger partial charge in [0.25, 0.3) is 5.75 Å². The summed E-state index contributed by atoms with van der Waals surface area (Å²) in [5.74, 6) is -0.994. The highest BCUT2D eigenvalue weighted by Crippen LogP contribution is 2.35. The van der Waals surface area contributed by atoms with Crippen LogP contribution in [-0.2, 0) is 0 Å². The van der Waals surface area contributed by atoms with Crippen molar-refractivity contribution in [1.29, 1.82) is 0 Å². The van der Waals surface area contributed by atoms with E-state index in [1.54, 1.807) is 36.4 Å². The fourth-order valence-electron chi connectivity index (χ4n) is 3.06. The van der Waals surface area contributed by atoms with E-state index in [1.807, 2.05) is 13.0 Å². The van der Waals surface area contributed by atoms with Gasteiger partial charge in [0.05, 0.1) is 10.9 Å². The van der Waals surface area contributed by atoms with Crippen LogP contribution < -0.4 is 15.1 Å². The number of fused-ring (bicyclic) bond motifs is 1. The van der Waals surface area contributed by atoms with E-state index in [2.05, 4.69) is 19.9 Å². The van der Waals surface area contributed by atoms with Crippen LogP contribution in [0.15, 0.2) is 81.0 Å². The molecule has 3 rings (SSSR count). The topological polar surface area (TPSA) is 86.0 Å². The SMILES string of the molecule is CC(C)=CCCC(C)=CCOc1c(OC(=O)c2ccccc2)c(=O)oc2cc(O)ccc12. The van der Waals surface area contributed by atoms with Gasteiger partial charge in [-0.3, -0.25) is 0 Å². The maximum absolute atomic E-state index is 12.6. The number of aromatic hydroxyl groups is 1. The molecule has 0 amide bonds. The third-order valence-corrected chi connectivity index (χ3v) is 4.76. The number of benzene rings is 2. The molecule has 0 saturated heterocycles. The van der Waals surface area contributed by atoms with Gasteiger partial charge in [-0.15, -0.1) is 0 Å². The molecule has 0 radical (unpaired) electrons. The highest BCUT2D eigenvalue weighted by atomic mass is 16.6. The number of hydrogen-bond donors (Lipinski definition) is 1. The molecule has 0 aliphatic heterocycles. The monoisotopic (exact) mass is 434 g/mol. The Balaban J connectivity index is 1.91. The molecule has 1 aromatic heterocycles. The first kappa shape index (κ1) is 22.9. The van der Waals surface area contributed by atoms with Gasteiger partial charge in [-0.2, -0.15) is 0 Å². The van der Waals surface area contributed by atoms with E-state index >= 15 is 0 Å². The molecule has 0 bridgehead atoms. The van der Waals surface area contributed by atoms with Crippen LogP contribution >= 0.6 is 0 Å². The van der Waals surface area contributed by atoms with Crippen LogP contribution in [0.5, 0.6) is 17.2 Å². The van der Waals surface area contributed by atoms with Crippen molar-refractivity contribution in [2.24, 2.45) is 0 Å². The lowest BCUT2D eigenvalue weighted by Gasteiger charge is -2.12. The van der Waals surface area contributed by atoms with E-state index < -0.39 is 11.6 Å². The highest BCUT2D eigenvalue weighted by Gasteiger charge is 2.21. The summed E-state index contributed by atoms with van der Waals surface area (Å²) in [4.78, 5) is 25.2. The number of carbonyl (C=O) groups is 1. The van der Waals surface area contributed by atoms with Crippen molar-refractivity contribution >= 4 is 16.9 Å². The lowest BCUT2D eigenvalue weighted by atomic mass is 10.1. The lowest BCUT2D eigenvalue weighted by Crippen LogP contribution is -2.16. The zero-order valence-electron chi connectivity index (χ0n) is 18.4. The summed E-state index contributed by atoms with van der Waals surface area (Å²) in [6, 6.07) is 12.6. The van der Waals surface area contributed by atoms with Crippen molar-refractivity contribution in [3.05, 3.63) is 87.8 Å². The molecule has 0 fully saturated rings. The van der Waals surface area contributed by atoms with Gasteiger partial charge in [-0.25, -0.2) is 9.59 Å². The Labute approximate surface area is 186 Å². The number of allylic oxidation sites excluding steroid dienone is 3. The van der Waals surface area contributed by atoms with Gasteiger partial charge in [0.15, 0.2) is 5.75 Å². The molecule has 1 N–H and O–H groups in total. The van der Waals surface area contributed by atoms with Crippen molar-refractivity contribution < 1.29 is 23.8 Å². The Morgan fingerprint density at radius 3 is 2.50 bits per heavy atom. The number of hydrogen-bond acceptors (Lipinski definition) is 6. The first-order valence-electron chi connectivity index (χ1n) is 10.3. The summed E-state index contributed by atoms with van der Waals surface area (Å²) in [5.41, 5.74) is 1.96. The second kappa shape index (κ2) is 10.5. The molecule has 6 nitrogen and oxygen atoms in total. The standard InChI is InChI=1S/C26H26O6/c1-17(2)8-7-9-18(3)14-15-30-23-21-13-12-20(27)16-22(21)31-26(29)24(23)32-25(28)19-10-5-4-6-11-19/h4-6,8,10-14,16,27H,7,9,15H2,1-3H3. The number of carbonyl (C=O) groups excluding carboxylic acids is 1. The Hall–Kier alpha value is -3.80. The lowest BCUT2D eigenvalue weighted by molar-refractivity contribution is 0.0722. The molecule has 0 saturated carbocycles. The van der Waals surface area contributed by atoms with Crippen molar-refractivity contribution in [3.63, 3.8) is 0 Å². The van der Waals surface area contributed by atoms with Crippen LogP contribution in [0.25, 0.3) is 11.0 Å². The third kappa shape index (κ3) is 5.88. The summed E-state index contributed by atoms with van der Waals surface area (Å²) < 4.78 is 16.5. The fourth-order valence-corrected chi connectivity index (χ4v) is 3.06. The Morgan fingerprint density at radius 2 is 1.78 bits per heavy atom. The molecular weight excluding hydrogens is 408 g/mol. The van der Waals surface area contributed by atoms with Crippen LogP contribution in [0.1, 0.15) is 44.0 Å². The molecule has 32 heavy (non-hydrogen) atoms. The predicted octanol–water partition coefficient (Wildman–Crippen LogP) is 5.79. The summed E-state index contributed by atoms with van der Waals surface area (Å²) in [7, 11) is 0. The minimum absolute atomic E-state index is 0.0596. The van der Waals surface area contributed by atoms with Crippen LogP contribution in [0, 0.1) is 0 Å². The summed E-state index contributed by atoms with van der Waals surface area (Å²) in [6.07, 6.45) is 5.90. The van der Waals surface area contributed by atoms with Gasteiger partial charge in [0, 0.05) is 6.07 Å². The van der Waals surface area contributed by atoms with Crippen LogP contribution in [0.3, 0.4) is 0 Å². The second-order valence-electron chi connectivity index (χ2n) is 7.67. The van der Waals surface area contributed by atoms with Crippen molar-refractivity contribution in [1.82, 2.24) is 0 Å². The predicted molar refractivity (Wildman–Crippen MR) is 123 cm³/mol. The fraction of sp³-hybridized carbons (Fsp3) is 0.231. The molecule has 0 aliphatic rings. The first-order chi connectivity index (χ1) is 15.3. The third-order valence-electron chi connectivity index (χ3n) is 4.76. The molecule has 6 heteroatoms. The van der Waals surface area contributed by atoms with Crippen molar-refractivity contribution in [2.45, 2.75) is 33.6 Å². The Bertz CT molecular complexity index is 1210. The summed E-state index contributed by atoms with van der Waals surface area (Å²) >= 11 is 0. The minimum atomic E-state index is -0.869. The van der Waals surface area contributed by atoms with E-state index in [9.17, 15) is 14.7 Å². The van der Waals surface area contributed by atoms with Gasteiger partial charge in [0.2, 0.25) is 0 Å². The molecule has 166 valence electrons. The van der Waals surface area contributed by atoms with Crippen molar-refractivity contribution in [3.8, 4) is 17.2 Å². The minimum Gasteiger partial charge on any atom is -0.508 e. The van der Waals surface area contributed by atoms with Gasteiger partial charge in [-0.05, 0) is 64.0 Å². The average molecular weight is 434 g/mol. The van der Waals surface area contributed by atoms with Gasteiger partial charge >= 0.3 is 11.6 Å². The van der Waals surface area contributed by atoms with Crippen molar-refractivity contribution in [2.75, 3.05) is 6.61 Å². The molecule has 2 aromatic carbocycles. The molecule has 0 unspecified atom stereocenters. The number of rotatable bonds is 8. The smallest absolute Gasteiger partial charge is 0.383 e. The number of phenolic OH excluding ortho intramolecular Hbond substituents is 1. The molecule has 0 aliphatic carbocycles. The quantitative estimate of drug-likeness (QED) is 0.274. The molecule has 0 spiro atoms. The zero-order chi connectivity index (χ0) is 23.1. The number of phenols is 1. The zero-order valence-corrected chi connectivity index (χ0v) is 18.4. The largest absolute Gasteiger partial charge is 0.508 e. The first-order valence-corrected chi connectivity index (χ1v) is 10.3. The average Bonchev–Trinajstić information content (AvgIpc) is 2.75. The highest BCUT2D eigenvalue weighted by molar-refractivity contribution is 5.93. The van der Waals surface area contributed by atoms with E-state index in [4.69, 9.17) is 13.9 Å². The maximum Gasteiger partial charge on any atom is 0.383 e. The maximum atomic E-state index is 12.6. The van der Waals surface area contributed by atoms with Crippen LogP contribution in [0.2, 0.25) is 0 Å². The van der Waals surface area contributed by atoms with Crippen LogP contribution in [-0.4, -0.2) is 17.7 Å².